The van der Waals surface area contributed by atoms with E-state index in [1.54, 1.807) is 24.6 Å². The van der Waals surface area contributed by atoms with Crippen LogP contribution in [0, 0.1) is 0 Å². The zero-order valence-corrected chi connectivity index (χ0v) is 22.9. The topological polar surface area (TPSA) is 73.9 Å². The molecule has 8 heteroatoms. The quantitative estimate of drug-likeness (QED) is 0.236. The molecule has 1 aliphatic heterocycles. The van der Waals surface area contributed by atoms with E-state index < -0.39 is 12.2 Å². The van der Waals surface area contributed by atoms with Gasteiger partial charge < -0.3 is 19.8 Å². The van der Waals surface area contributed by atoms with Crippen molar-refractivity contribution in [2.24, 2.45) is 0 Å². The summed E-state index contributed by atoms with van der Waals surface area (Å²) in [4.78, 5) is 14.3. The first-order valence-electron chi connectivity index (χ1n) is 12.7. The zero-order chi connectivity index (χ0) is 25.8. The number of nitrogens with zero attached hydrogens (tertiary/aromatic N) is 2. The van der Waals surface area contributed by atoms with Gasteiger partial charge in [-0.3, -0.25) is 4.79 Å². The van der Waals surface area contributed by atoms with Crippen LogP contribution >= 0.6 is 21.6 Å². The summed E-state index contributed by atoms with van der Waals surface area (Å²) >= 11 is 0. The molecule has 36 heavy (non-hydrogen) atoms. The molecule has 2 N–H and O–H groups in total. The summed E-state index contributed by atoms with van der Waals surface area (Å²) in [5.74, 6) is 1.93. The number of esters is 1. The number of carbonyl (C=O) groups excluding carboxylic acids is 1. The lowest BCUT2D eigenvalue weighted by Gasteiger charge is -2.27. The van der Waals surface area contributed by atoms with Crippen LogP contribution in [-0.2, 0) is 16.1 Å². The van der Waals surface area contributed by atoms with Gasteiger partial charge in [0.05, 0.1) is 18.6 Å². The van der Waals surface area contributed by atoms with Gasteiger partial charge in [0.2, 0.25) is 5.69 Å². The second-order valence-corrected chi connectivity index (χ2v) is 11.9. The molecule has 3 atom stereocenters. The van der Waals surface area contributed by atoms with Crippen molar-refractivity contribution < 1.29 is 24.3 Å². The van der Waals surface area contributed by atoms with Crippen molar-refractivity contribution >= 4 is 45.4 Å². The number of hydrogen-bond acceptors (Lipinski definition) is 7. The molecule has 1 aliphatic rings. The second kappa shape index (κ2) is 15.3. The van der Waals surface area contributed by atoms with E-state index in [4.69, 9.17) is 4.74 Å². The van der Waals surface area contributed by atoms with Crippen LogP contribution in [0.3, 0.4) is 0 Å². The Morgan fingerprint density at radius 1 is 1.11 bits per heavy atom. The molecule has 1 fully saturated rings. The maximum absolute atomic E-state index is 12.3. The molecule has 1 saturated heterocycles. The molecule has 1 aromatic heterocycles. The SMILES string of the molecule is CC(O)CN(CC(C)O)c1ccc(/C=C/c2cccc[n+]2CCCC(=O)OC2CCCSSC2)cc1. The number of anilines is 1. The van der Waals surface area contributed by atoms with Gasteiger partial charge in [0.1, 0.15) is 12.6 Å². The molecule has 1 aromatic carbocycles. The lowest BCUT2D eigenvalue weighted by atomic mass is 10.1. The van der Waals surface area contributed by atoms with Gasteiger partial charge >= 0.3 is 5.97 Å². The number of ether oxygens (including phenoxy) is 1. The first-order valence-corrected chi connectivity index (χ1v) is 15.2. The van der Waals surface area contributed by atoms with Gasteiger partial charge in [0.15, 0.2) is 6.20 Å². The van der Waals surface area contributed by atoms with E-state index in [0.29, 0.717) is 19.5 Å². The summed E-state index contributed by atoms with van der Waals surface area (Å²) in [7, 11) is 3.67. The van der Waals surface area contributed by atoms with Crippen molar-refractivity contribution in [3.8, 4) is 0 Å². The molecular weight excluding hydrogens is 492 g/mol. The average Bonchev–Trinajstić information content (AvgIpc) is 3.11. The molecule has 2 heterocycles. The molecule has 0 spiro atoms. The van der Waals surface area contributed by atoms with Crippen LogP contribution in [0.15, 0.2) is 48.7 Å². The number of carbonyl (C=O) groups is 1. The highest BCUT2D eigenvalue weighted by atomic mass is 33.1. The molecule has 2 aromatic rings. The Kier molecular flexibility index (Phi) is 12.1. The zero-order valence-electron chi connectivity index (χ0n) is 21.3. The smallest absolute Gasteiger partial charge is 0.306 e. The number of rotatable bonds is 12. The van der Waals surface area contributed by atoms with E-state index in [9.17, 15) is 15.0 Å². The molecule has 3 rings (SSSR count). The molecule has 3 unspecified atom stereocenters. The Labute approximate surface area is 223 Å². The standard InChI is InChI=1S/C28H39N2O4S2/c1-22(31)19-30(20-23(2)32)26-14-11-24(12-15-26)10-13-25-7-3-4-16-29(25)17-5-9-28(33)34-27-8-6-18-35-36-21-27/h3-4,7,10-16,22-23,27,31-32H,5-6,8-9,17-21H2,1-2H3/q+1. The predicted molar refractivity (Wildman–Crippen MR) is 151 cm³/mol. The summed E-state index contributed by atoms with van der Waals surface area (Å²) in [5, 5.41) is 19.6. The molecule has 0 amide bonds. The Hall–Kier alpha value is -2.00. The molecule has 0 saturated carbocycles. The highest BCUT2D eigenvalue weighted by Crippen LogP contribution is 2.29. The Balaban J connectivity index is 1.55. The summed E-state index contributed by atoms with van der Waals surface area (Å²) < 4.78 is 7.84. The van der Waals surface area contributed by atoms with Crippen molar-refractivity contribution in [3.05, 3.63) is 59.9 Å². The van der Waals surface area contributed by atoms with Crippen molar-refractivity contribution in [1.82, 2.24) is 0 Å². The van der Waals surface area contributed by atoms with E-state index in [0.717, 1.165) is 54.3 Å². The minimum atomic E-state index is -0.478. The van der Waals surface area contributed by atoms with Crippen LogP contribution in [0.25, 0.3) is 12.2 Å². The number of aliphatic hydroxyl groups is 2. The van der Waals surface area contributed by atoms with E-state index in [1.807, 2.05) is 58.3 Å². The molecular formula is C28H39N2O4S2+. The van der Waals surface area contributed by atoms with Crippen molar-refractivity contribution in [2.75, 3.05) is 29.5 Å². The highest BCUT2D eigenvalue weighted by molar-refractivity contribution is 8.76. The van der Waals surface area contributed by atoms with Gasteiger partial charge in [0.25, 0.3) is 0 Å². The van der Waals surface area contributed by atoms with Crippen LogP contribution in [0.4, 0.5) is 5.69 Å². The second-order valence-electron chi connectivity index (χ2n) is 9.31. The van der Waals surface area contributed by atoms with E-state index >= 15 is 0 Å². The number of aromatic nitrogens is 1. The monoisotopic (exact) mass is 531 g/mol. The molecule has 196 valence electrons. The third kappa shape index (κ3) is 10.2. The molecule has 6 nitrogen and oxygen atoms in total. The third-order valence-corrected chi connectivity index (χ3v) is 8.36. The van der Waals surface area contributed by atoms with Gasteiger partial charge in [-0.25, -0.2) is 0 Å². The van der Waals surface area contributed by atoms with Gasteiger partial charge in [0, 0.05) is 54.9 Å². The van der Waals surface area contributed by atoms with Crippen molar-refractivity contribution in [1.29, 1.82) is 0 Å². The van der Waals surface area contributed by atoms with Gasteiger partial charge in [-0.2, -0.15) is 4.57 Å². The lowest BCUT2D eigenvalue weighted by Crippen LogP contribution is -2.36. The first kappa shape index (κ1) is 28.6. The van der Waals surface area contributed by atoms with Crippen LogP contribution in [-0.4, -0.2) is 59.1 Å². The Morgan fingerprint density at radius 3 is 2.58 bits per heavy atom. The summed E-state index contributed by atoms with van der Waals surface area (Å²) in [6.45, 7) is 5.19. The minimum Gasteiger partial charge on any atom is -0.461 e. The third-order valence-electron chi connectivity index (χ3n) is 5.82. The van der Waals surface area contributed by atoms with Crippen LogP contribution in [0.5, 0.6) is 0 Å². The lowest BCUT2D eigenvalue weighted by molar-refractivity contribution is -0.698. The van der Waals surface area contributed by atoms with Gasteiger partial charge in [-0.1, -0.05) is 33.7 Å². The summed E-state index contributed by atoms with van der Waals surface area (Å²) in [6.07, 6.45) is 8.52. The Bertz CT molecular complexity index is 948. The highest BCUT2D eigenvalue weighted by Gasteiger charge is 2.18. The first-order chi connectivity index (χ1) is 17.4. The largest absolute Gasteiger partial charge is 0.461 e. The summed E-state index contributed by atoms with van der Waals surface area (Å²) in [6, 6.07) is 14.2. The normalized spacial score (nSPS) is 17.9. The fourth-order valence-corrected chi connectivity index (χ4v) is 6.45. The maximum Gasteiger partial charge on any atom is 0.306 e. The number of pyridine rings is 1. The van der Waals surface area contributed by atoms with Crippen molar-refractivity contribution in [3.63, 3.8) is 0 Å². The average molecular weight is 532 g/mol. The van der Waals surface area contributed by atoms with Crippen LogP contribution in [0.1, 0.15) is 50.8 Å². The van der Waals surface area contributed by atoms with E-state index in [2.05, 4.69) is 22.8 Å². The molecule has 0 aliphatic carbocycles. The minimum absolute atomic E-state index is 0.0536. The fraction of sp³-hybridized carbons (Fsp3) is 0.500. The van der Waals surface area contributed by atoms with E-state index in [-0.39, 0.29) is 12.1 Å². The number of hydrogen-bond donors (Lipinski definition) is 2. The predicted octanol–water partition coefficient (Wildman–Crippen LogP) is 4.58. The summed E-state index contributed by atoms with van der Waals surface area (Å²) in [5.41, 5.74) is 3.10. The molecule has 0 radical (unpaired) electrons. The maximum atomic E-state index is 12.3. The van der Waals surface area contributed by atoms with Crippen LogP contribution in [0.2, 0.25) is 0 Å². The van der Waals surface area contributed by atoms with Gasteiger partial charge in [-0.05, 0) is 56.5 Å². The fourth-order valence-electron chi connectivity index (χ4n) is 4.11. The van der Waals surface area contributed by atoms with Crippen LogP contribution < -0.4 is 9.47 Å². The number of aryl methyl sites for hydroxylation is 1. The van der Waals surface area contributed by atoms with Gasteiger partial charge in [-0.15, -0.1) is 0 Å². The number of benzene rings is 1. The van der Waals surface area contributed by atoms with Crippen molar-refractivity contribution in [2.45, 2.75) is 64.4 Å². The molecule has 0 bridgehead atoms. The van der Waals surface area contributed by atoms with E-state index in [1.165, 1.54) is 0 Å². The Morgan fingerprint density at radius 2 is 1.86 bits per heavy atom. The number of aliphatic hydroxyl groups excluding tert-OH is 2.